The van der Waals surface area contributed by atoms with Crippen molar-refractivity contribution in [1.29, 1.82) is 0 Å². The predicted molar refractivity (Wildman–Crippen MR) is 110 cm³/mol. The second-order valence-electron chi connectivity index (χ2n) is 6.61. The van der Waals surface area contributed by atoms with Gasteiger partial charge < -0.3 is 14.0 Å². The smallest absolute Gasteiger partial charge is 0.387 e. The van der Waals surface area contributed by atoms with Crippen molar-refractivity contribution in [3.05, 3.63) is 77.1 Å². The van der Waals surface area contributed by atoms with Crippen LogP contribution in [-0.2, 0) is 0 Å². The molecule has 0 saturated heterocycles. The molecule has 0 atom stereocenters. The molecule has 2 N–H and O–H groups in total. The molecule has 0 aliphatic rings. The van der Waals surface area contributed by atoms with Gasteiger partial charge >= 0.3 is 6.61 Å². The molecule has 162 valence electrons. The number of amides is 2. The summed E-state index contributed by atoms with van der Waals surface area (Å²) in [6, 6.07) is 15.0. The first kappa shape index (κ1) is 21.8. The second-order valence-corrected chi connectivity index (χ2v) is 6.61. The molecule has 7 nitrogen and oxygen atoms in total. The van der Waals surface area contributed by atoms with Crippen molar-refractivity contribution in [3.8, 4) is 17.2 Å². The maximum atomic E-state index is 12.6. The van der Waals surface area contributed by atoms with Crippen molar-refractivity contribution in [2.24, 2.45) is 0 Å². The minimum Gasteiger partial charge on any atom is -0.493 e. The molecule has 0 spiro atoms. The molecule has 0 aliphatic heterocycles. The third kappa shape index (κ3) is 4.82. The van der Waals surface area contributed by atoms with E-state index in [-0.39, 0.29) is 17.1 Å². The molecule has 3 rings (SSSR count). The first-order valence-electron chi connectivity index (χ1n) is 9.29. The van der Waals surface area contributed by atoms with Gasteiger partial charge in [0.15, 0.2) is 11.5 Å². The van der Waals surface area contributed by atoms with E-state index in [0.717, 1.165) is 11.4 Å². The summed E-state index contributed by atoms with van der Waals surface area (Å²) in [6.07, 6.45) is 0. The van der Waals surface area contributed by atoms with Gasteiger partial charge in [0, 0.05) is 22.6 Å². The number of benzene rings is 2. The SMILES string of the molecule is COc1cc(C(=O)NNC(=O)c2cc(C)n(-c3ccccc3)c2C)ccc1OC(F)F. The van der Waals surface area contributed by atoms with Gasteiger partial charge in [0.25, 0.3) is 11.8 Å². The number of alkyl halides is 2. The van der Waals surface area contributed by atoms with Crippen LogP contribution in [0.2, 0.25) is 0 Å². The zero-order chi connectivity index (χ0) is 22.5. The molecule has 9 heteroatoms. The topological polar surface area (TPSA) is 81.6 Å². The van der Waals surface area contributed by atoms with Gasteiger partial charge in [-0.1, -0.05) is 18.2 Å². The summed E-state index contributed by atoms with van der Waals surface area (Å²) in [5.41, 5.74) is 7.67. The summed E-state index contributed by atoms with van der Waals surface area (Å²) in [7, 11) is 1.26. The minimum absolute atomic E-state index is 0.0364. The van der Waals surface area contributed by atoms with Crippen molar-refractivity contribution in [2.75, 3.05) is 7.11 Å². The Morgan fingerprint density at radius 1 is 0.935 bits per heavy atom. The lowest BCUT2D eigenvalue weighted by atomic mass is 10.2. The van der Waals surface area contributed by atoms with Crippen LogP contribution in [0.4, 0.5) is 8.78 Å². The molecule has 0 saturated carbocycles. The van der Waals surface area contributed by atoms with Crippen molar-refractivity contribution in [3.63, 3.8) is 0 Å². The highest BCUT2D eigenvalue weighted by molar-refractivity contribution is 6.00. The number of rotatable bonds is 6. The molecule has 0 aliphatic carbocycles. The van der Waals surface area contributed by atoms with Gasteiger partial charge in [-0.25, -0.2) is 0 Å². The highest BCUT2D eigenvalue weighted by atomic mass is 19.3. The Morgan fingerprint density at radius 3 is 2.26 bits per heavy atom. The monoisotopic (exact) mass is 429 g/mol. The van der Waals surface area contributed by atoms with Crippen LogP contribution in [0.15, 0.2) is 54.6 Å². The molecule has 0 fully saturated rings. The second kappa shape index (κ2) is 9.29. The number of aryl methyl sites for hydroxylation is 1. The molecule has 0 unspecified atom stereocenters. The average molecular weight is 429 g/mol. The largest absolute Gasteiger partial charge is 0.493 e. The molecule has 1 heterocycles. The van der Waals surface area contributed by atoms with Crippen LogP contribution < -0.4 is 20.3 Å². The number of hydrogen-bond donors (Lipinski definition) is 2. The maximum Gasteiger partial charge on any atom is 0.387 e. The number of halogens is 2. The van der Waals surface area contributed by atoms with Gasteiger partial charge in [-0.3, -0.25) is 20.4 Å². The lowest BCUT2D eigenvalue weighted by Gasteiger charge is -2.12. The summed E-state index contributed by atoms with van der Waals surface area (Å²) in [4.78, 5) is 25.0. The van der Waals surface area contributed by atoms with Crippen LogP contribution in [0.3, 0.4) is 0 Å². The molecular weight excluding hydrogens is 408 g/mol. The van der Waals surface area contributed by atoms with Gasteiger partial charge in [-0.15, -0.1) is 0 Å². The predicted octanol–water partition coefficient (Wildman–Crippen LogP) is 3.78. The molecule has 31 heavy (non-hydrogen) atoms. The number of ether oxygens (including phenoxy) is 2. The van der Waals surface area contributed by atoms with Crippen molar-refractivity contribution in [1.82, 2.24) is 15.4 Å². The zero-order valence-electron chi connectivity index (χ0n) is 17.1. The fourth-order valence-corrected chi connectivity index (χ4v) is 3.22. The van der Waals surface area contributed by atoms with Crippen molar-refractivity contribution in [2.45, 2.75) is 20.5 Å². The Labute approximate surface area is 177 Å². The molecule has 0 radical (unpaired) electrons. The minimum atomic E-state index is -3.03. The Bertz CT molecular complexity index is 1100. The first-order chi connectivity index (χ1) is 14.8. The lowest BCUT2D eigenvalue weighted by Crippen LogP contribution is -2.41. The third-order valence-corrected chi connectivity index (χ3v) is 4.62. The summed E-state index contributed by atoms with van der Waals surface area (Å²) in [5, 5.41) is 0. The number of hydrogen-bond acceptors (Lipinski definition) is 4. The van der Waals surface area contributed by atoms with E-state index in [9.17, 15) is 18.4 Å². The van der Waals surface area contributed by atoms with Crippen LogP contribution in [0.1, 0.15) is 32.1 Å². The van der Waals surface area contributed by atoms with Crippen LogP contribution >= 0.6 is 0 Å². The summed E-state index contributed by atoms with van der Waals surface area (Å²) in [5.74, 6) is -1.38. The van der Waals surface area contributed by atoms with Crippen LogP contribution in [0, 0.1) is 13.8 Å². The molecule has 2 aromatic carbocycles. The Morgan fingerprint density at radius 2 is 1.61 bits per heavy atom. The van der Waals surface area contributed by atoms with Gasteiger partial charge in [0.05, 0.1) is 12.7 Å². The van der Waals surface area contributed by atoms with Gasteiger partial charge in [0.1, 0.15) is 0 Å². The maximum absolute atomic E-state index is 12.6. The molecule has 0 bridgehead atoms. The van der Waals surface area contributed by atoms with Crippen LogP contribution in [0.25, 0.3) is 5.69 Å². The molecule has 1 aromatic heterocycles. The lowest BCUT2D eigenvalue weighted by molar-refractivity contribution is -0.0512. The van der Waals surface area contributed by atoms with E-state index in [4.69, 9.17) is 4.74 Å². The van der Waals surface area contributed by atoms with E-state index in [1.54, 1.807) is 6.07 Å². The van der Waals surface area contributed by atoms with E-state index in [2.05, 4.69) is 15.6 Å². The summed E-state index contributed by atoms with van der Waals surface area (Å²) in [6.45, 7) is 0.663. The van der Waals surface area contributed by atoms with Gasteiger partial charge in [-0.2, -0.15) is 8.78 Å². The molecular formula is C22H21F2N3O4. The number of nitrogens with zero attached hydrogens (tertiary/aromatic N) is 1. The van der Waals surface area contributed by atoms with Crippen molar-refractivity contribution < 1.29 is 27.8 Å². The summed E-state index contributed by atoms with van der Waals surface area (Å²) < 4.78 is 36.1. The van der Waals surface area contributed by atoms with Crippen LogP contribution in [-0.4, -0.2) is 30.1 Å². The quantitative estimate of drug-likeness (QED) is 0.585. The Kier molecular flexibility index (Phi) is 6.54. The van der Waals surface area contributed by atoms with E-state index in [0.29, 0.717) is 11.3 Å². The van der Waals surface area contributed by atoms with E-state index < -0.39 is 18.4 Å². The van der Waals surface area contributed by atoms with E-state index >= 15 is 0 Å². The standard InChI is InChI=1S/C22H21F2N3O4/c1-13-11-17(14(2)27(13)16-7-5-4-6-8-16)21(29)26-25-20(28)15-9-10-18(31-22(23)24)19(12-15)30-3/h4-12,22H,1-3H3,(H,25,28)(H,26,29). The number of hydrazine groups is 1. The highest BCUT2D eigenvalue weighted by Crippen LogP contribution is 2.29. The van der Waals surface area contributed by atoms with Crippen molar-refractivity contribution >= 4 is 11.8 Å². The van der Waals surface area contributed by atoms with Gasteiger partial charge in [0.2, 0.25) is 0 Å². The Balaban J connectivity index is 1.72. The fraction of sp³-hybridized carbons (Fsp3) is 0.182. The normalized spacial score (nSPS) is 10.6. The van der Waals surface area contributed by atoms with Crippen LogP contribution in [0.5, 0.6) is 11.5 Å². The average Bonchev–Trinajstić information content (AvgIpc) is 3.06. The number of carbonyl (C=O) groups is 2. The fourth-order valence-electron chi connectivity index (χ4n) is 3.22. The zero-order valence-corrected chi connectivity index (χ0v) is 17.1. The summed E-state index contributed by atoms with van der Waals surface area (Å²) >= 11 is 0. The first-order valence-corrected chi connectivity index (χ1v) is 9.29. The molecule has 3 aromatic rings. The number of para-hydroxylation sites is 1. The Hall–Kier alpha value is -3.88. The van der Waals surface area contributed by atoms with E-state index in [1.807, 2.05) is 48.7 Å². The highest BCUT2D eigenvalue weighted by Gasteiger charge is 2.18. The number of carbonyl (C=O) groups excluding carboxylic acids is 2. The third-order valence-electron chi connectivity index (χ3n) is 4.62. The number of aromatic nitrogens is 1. The van der Waals surface area contributed by atoms with Gasteiger partial charge in [-0.05, 0) is 50.2 Å². The number of nitrogens with one attached hydrogen (secondary N) is 2. The molecule has 2 amide bonds. The number of methoxy groups -OCH3 is 1. The van der Waals surface area contributed by atoms with E-state index in [1.165, 1.54) is 25.3 Å².